The Labute approximate surface area is 107 Å². The van der Waals surface area contributed by atoms with Gasteiger partial charge in [0, 0.05) is 17.1 Å². The molecule has 2 aromatic rings. The second-order valence-corrected chi connectivity index (χ2v) is 5.12. The first kappa shape index (κ1) is 11.3. The van der Waals surface area contributed by atoms with Crippen molar-refractivity contribution < 1.29 is 0 Å². The Morgan fingerprint density at radius 1 is 1.33 bits per heavy atom. The van der Waals surface area contributed by atoms with E-state index in [0.29, 0.717) is 6.04 Å². The highest BCUT2D eigenvalue weighted by atomic mass is 15.0. The van der Waals surface area contributed by atoms with Gasteiger partial charge in [0.05, 0.1) is 5.52 Å². The number of nitrogen functional groups attached to an aromatic ring is 1. The van der Waals surface area contributed by atoms with Gasteiger partial charge in [-0.15, -0.1) is 0 Å². The molecule has 3 rings (SSSR count). The van der Waals surface area contributed by atoms with Gasteiger partial charge < -0.3 is 11.1 Å². The minimum absolute atomic E-state index is 0.457. The quantitative estimate of drug-likeness (QED) is 0.812. The van der Waals surface area contributed by atoms with Crippen molar-refractivity contribution in [2.45, 2.75) is 32.2 Å². The molecule has 1 aromatic heterocycles. The largest absolute Gasteiger partial charge is 0.399 e. The zero-order valence-electron chi connectivity index (χ0n) is 10.6. The van der Waals surface area contributed by atoms with Crippen molar-refractivity contribution in [3.8, 4) is 0 Å². The maximum Gasteiger partial charge on any atom is 0.137 e. The average Bonchev–Trinajstić information content (AvgIpc) is 2.27. The van der Waals surface area contributed by atoms with Crippen molar-refractivity contribution in [3.63, 3.8) is 0 Å². The number of aromatic nitrogens is 2. The predicted molar refractivity (Wildman–Crippen MR) is 74.4 cm³/mol. The lowest BCUT2D eigenvalue weighted by Crippen LogP contribution is -2.31. The highest BCUT2D eigenvalue weighted by Crippen LogP contribution is 2.32. The van der Waals surface area contributed by atoms with Crippen LogP contribution in [0.25, 0.3) is 10.9 Å². The molecule has 1 saturated carbocycles. The zero-order valence-corrected chi connectivity index (χ0v) is 10.6. The lowest BCUT2D eigenvalue weighted by atomic mass is 9.80. The summed E-state index contributed by atoms with van der Waals surface area (Å²) in [4.78, 5) is 8.61. The van der Waals surface area contributed by atoms with Crippen LogP contribution in [0.5, 0.6) is 0 Å². The van der Waals surface area contributed by atoms with E-state index in [1.807, 2.05) is 18.2 Å². The van der Waals surface area contributed by atoms with E-state index < -0.39 is 0 Å². The van der Waals surface area contributed by atoms with Crippen LogP contribution < -0.4 is 11.1 Å². The van der Waals surface area contributed by atoms with E-state index in [9.17, 15) is 0 Å². The maximum absolute atomic E-state index is 5.84. The Balaban J connectivity index is 1.92. The molecule has 0 bridgehead atoms. The van der Waals surface area contributed by atoms with E-state index in [1.54, 1.807) is 6.33 Å². The minimum Gasteiger partial charge on any atom is -0.399 e. The number of nitrogens with zero attached hydrogens (tertiary/aromatic N) is 2. The molecule has 1 aliphatic rings. The van der Waals surface area contributed by atoms with Crippen molar-refractivity contribution in [1.82, 2.24) is 9.97 Å². The molecule has 1 unspecified atom stereocenters. The van der Waals surface area contributed by atoms with E-state index in [1.165, 1.54) is 19.3 Å². The molecular weight excluding hydrogens is 224 g/mol. The van der Waals surface area contributed by atoms with Crippen LogP contribution >= 0.6 is 0 Å². The van der Waals surface area contributed by atoms with E-state index in [2.05, 4.69) is 22.2 Å². The first-order valence-corrected chi connectivity index (χ1v) is 6.51. The Hall–Kier alpha value is -1.84. The molecule has 18 heavy (non-hydrogen) atoms. The van der Waals surface area contributed by atoms with Gasteiger partial charge in [0.15, 0.2) is 0 Å². The van der Waals surface area contributed by atoms with Crippen LogP contribution in [0, 0.1) is 5.92 Å². The molecule has 94 valence electrons. The fourth-order valence-electron chi connectivity index (χ4n) is 2.46. The summed E-state index contributed by atoms with van der Waals surface area (Å²) >= 11 is 0. The smallest absolute Gasteiger partial charge is 0.137 e. The van der Waals surface area contributed by atoms with E-state index in [-0.39, 0.29) is 0 Å². The molecule has 0 aliphatic heterocycles. The molecule has 1 aliphatic carbocycles. The lowest BCUT2D eigenvalue weighted by molar-refractivity contribution is 0.285. The van der Waals surface area contributed by atoms with Gasteiger partial charge in [0.25, 0.3) is 0 Å². The second kappa shape index (κ2) is 4.44. The van der Waals surface area contributed by atoms with Crippen molar-refractivity contribution >= 4 is 22.4 Å². The van der Waals surface area contributed by atoms with Gasteiger partial charge in [-0.05, 0) is 43.9 Å². The number of rotatable bonds is 3. The highest BCUT2D eigenvalue weighted by molar-refractivity contribution is 5.91. The molecule has 4 heteroatoms. The average molecular weight is 242 g/mol. The molecule has 1 heterocycles. The molecule has 1 atom stereocenters. The Bertz CT molecular complexity index is 563. The number of nitrogens with two attached hydrogens (primary N) is 1. The highest BCUT2D eigenvalue weighted by Gasteiger charge is 2.24. The number of hydrogen-bond donors (Lipinski definition) is 2. The topological polar surface area (TPSA) is 63.8 Å². The van der Waals surface area contributed by atoms with Crippen LogP contribution in [-0.2, 0) is 0 Å². The fourth-order valence-corrected chi connectivity index (χ4v) is 2.46. The number of nitrogens with one attached hydrogen (secondary N) is 1. The van der Waals surface area contributed by atoms with Crippen LogP contribution in [0.15, 0.2) is 24.5 Å². The number of fused-ring (bicyclic) bond motifs is 1. The van der Waals surface area contributed by atoms with Crippen molar-refractivity contribution in [3.05, 3.63) is 24.5 Å². The van der Waals surface area contributed by atoms with Crippen LogP contribution in [0.4, 0.5) is 11.5 Å². The summed E-state index contributed by atoms with van der Waals surface area (Å²) in [6.45, 7) is 2.23. The summed E-state index contributed by atoms with van der Waals surface area (Å²) in [7, 11) is 0. The summed E-state index contributed by atoms with van der Waals surface area (Å²) < 4.78 is 0. The third kappa shape index (κ3) is 1.98. The van der Waals surface area contributed by atoms with Gasteiger partial charge in [-0.2, -0.15) is 0 Å². The number of hydrogen-bond acceptors (Lipinski definition) is 4. The number of benzene rings is 1. The minimum atomic E-state index is 0.457. The second-order valence-electron chi connectivity index (χ2n) is 5.12. The van der Waals surface area contributed by atoms with Gasteiger partial charge in [-0.1, -0.05) is 6.42 Å². The molecular formula is C14H18N4. The standard InChI is InChI=1S/C14H18N4/c1-9(10-3-2-4-10)18-14-12-7-11(15)5-6-13(12)16-8-17-14/h5-10H,2-4,15H2,1H3,(H,16,17,18). The molecule has 0 amide bonds. The molecule has 0 spiro atoms. The summed E-state index contributed by atoms with van der Waals surface area (Å²) in [5, 5.41) is 4.51. The van der Waals surface area contributed by atoms with Gasteiger partial charge in [0.2, 0.25) is 0 Å². The first-order valence-electron chi connectivity index (χ1n) is 6.51. The third-order valence-corrected chi connectivity index (χ3v) is 3.88. The normalized spacial score (nSPS) is 17.4. The monoisotopic (exact) mass is 242 g/mol. The predicted octanol–water partition coefficient (Wildman–Crippen LogP) is 2.81. The van der Waals surface area contributed by atoms with Crippen molar-refractivity contribution in [1.29, 1.82) is 0 Å². The van der Waals surface area contributed by atoms with E-state index in [0.717, 1.165) is 28.3 Å². The van der Waals surface area contributed by atoms with Gasteiger partial charge in [-0.3, -0.25) is 0 Å². The van der Waals surface area contributed by atoms with E-state index >= 15 is 0 Å². The van der Waals surface area contributed by atoms with Gasteiger partial charge in [-0.25, -0.2) is 9.97 Å². The van der Waals surface area contributed by atoms with Gasteiger partial charge >= 0.3 is 0 Å². The third-order valence-electron chi connectivity index (χ3n) is 3.88. The van der Waals surface area contributed by atoms with Crippen LogP contribution in [0.3, 0.4) is 0 Å². The van der Waals surface area contributed by atoms with Crippen LogP contribution in [-0.4, -0.2) is 16.0 Å². The Morgan fingerprint density at radius 3 is 2.89 bits per heavy atom. The molecule has 4 nitrogen and oxygen atoms in total. The van der Waals surface area contributed by atoms with Crippen molar-refractivity contribution in [2.24, 2.45) is 5.92 Å². The summed E-state index contributed by atoms with van der Waals surface area (Å²) in [5.74, 6) is 1.67. The summed E-state index contributed by atoms with van der Waals surface area (Å²) in [5.41, 5.74) is 7.52. The molecule has 3 N–H and O–H groups in total. The summed E-state index contributed by atoms with van der Waals surface area (Å²) in [6, 6.07) is 6.20. The molecule has 1 fully saturated rings. The van der Waals surface area contributed by atoms with Crippen LogP contribution in [0.1, 0.15) is 26.2 Å². The zero-order chi connectivity index (χ0) is 12.5. The number of anilines is 2. The Morgan fingerprint density at radius 2 is 2.17 bits per heavy atom. The lowest BCUT2D eigenvalue weighted by Gasteiger charge is -2.32. The SMILES string of the molecule is CC(Nc1ncnc2ccc(N)cc12)C1CCC1. The van der Waals surface area contributed by atoms with E-state index in [4.69, 9.17) is 5.73 Å². The van der Waals surface area contributed by atoms with Crippen LogP contribution in [0.2, 0.25) is 0 Å². The first-order chi connectivity index (χ1) is 8.74. The maximum atomic E-state index is 5.84. The summed E-state index contributed by atoms with van der Waals surface area (Å²) in [6.07, 6.45) is 5.60. The van der Waals surface area contributed by atoms with Gasteiger partial charge in [0.1, 0.15) is 12.1 Å². The Kier molecular flexibility index (Phi) is 2.78. The molecule has 0 radical (unpaired) electrons. The van der Waals surface area contributed by atoms with Crippen molar-refractivity contribution in [2.75, 3.05) is 11.1 Å². The fraction of sp³-hybridized carbons (Fsp3) is 0.429. The molecule has 0 saturated heterocycles. The molecule has 1 aromatic carbocycles.